The third-order valence-corrected chi connectivity index (χ3v) is 11.0. The van der Waals surface area contributed by atoms with E-state index in [0.717, 1.165) is 68.1 Å². The van der Waals surface area contributed by atoms with Crippen LogP contribution < -0.4 is 11.1 Å². The molecule has 60 heavy (non-hydrogen) atoms. The minimum absolute atomic E-state index is 0.00251. The third-order valence-electron chi connectivity index (χ3n) is 11.0. The fraction of sp³-hybridized carbons (Fsp3) is 0.347. The lowest BCUT2D eigenvalue weighted by Crippen LogP contribution is -2.24. The van der Waals surface area contributed by atoms with E-state index in [1.54, 1.807) is 64.8 Å². The predicted octanol–water partition coefficient (Wildman–Crippen LogP) is 7.21. The van der Waals surface area contributed by atoms with Gasteiger partial charge in [0.2, 0.25) is 0 Å². The Bertz CT molecular complexity index is 2710. The quantitative estimate of drug-likeness (QED) is 0.188. The monoisotopic (exact) mass is 810 g/mol. The van der Waals surface area contributed by atoms with Crippen molar-refractivity contribution in [3.05, 3.63) is 151 Å². The number of aliphatic hydroxyl groups excluding tert-OH is 1. The molecular weight excluding hydrogens is 763 g/mol. The van der Waals surface area contributed by atoms with Gasteiger partial charge in [-0.3, -0.25) is 18.7 Å². The summed E-state index contributed by atoms with van der Waals surface area (Å²) in [7, 11) is 1.71. The smallest absolute Gasteiger partial charge is 0.261 e. The van der Waals surface area contributed by atoms with Gasteiger partial charge in [-0.25, -0.2) is 18.7 Å². The Morgan fingerprint density at radius 1 is 0.667 bits per heavy atom. The summed E-state index contributed by atoms with van der Waals surface area (Å²) < 4.78 is 40.3. The van der Waals surface area contributed by atoms with Crippen LogP contribution in [0, 0.1) is 47.2 Å². The zero-order valence-electron chi connectivity index (χ0n) is 33.8. The normalized spacial score (nSPS) is 16.9. The number of rotatable bonds is 3. The molecule has 3 aliphatic heterocycles. The van der Waals surface area contributed by atoms with Crippen LogP contribution in [0.2, 0.25) is 0 Å². The third kappa shape index (κ3) is 10.8. The van der Waals surface area contributed by atoms with E-state index in [4.69, 9.17) is 14.5 Å². The second-order valence-electron chi connectivity index (χ2n) is 15.3. The van der Waals surface area contributed by atoms with Crippen LogP contribution in [0.25, 0.3) is 21.8 Å². The molecule has 0 bridgehead atoms. The summed E-state index contributed by atoms with van der Waals surface area (Å²) in [6.07, 6.45) is 7.49. The Hall–Kier alpha value is -5.98. The summed E-state index contributed by atoms with van der Waals surface area (Å²) in [4.78, 5) is 35.2. The maximum atomic E-state index is 13.3. The van der Waals surface area contributed by atoms with E-state index in [9.17, 15) is 23.5 Å². The highest BCUT2D eigenvalue weighted by Gasteiger charge is 2.20. The number of aromatic nitrogens is 4. The number of methoxy groups -OCH3 is 1. The minimum atomic E-state index is -0.320. The number of aliphatic hydroxyl groups is 1. The molecule has 0 radical (unpaired) electrons. The average molecular weight is 811 g/mol. The summed E-state index contributed by atoms with van der Waals surface area (Å²) in [5, 5.41) is 10.6. The van der Waals surface area contributed by atoms with E-state index in [1.807, 2.05) is 12.1 Å². The number of nitrogens with zero attached hydrogens (tertiary/aromatic N) is 4. The second kappa shape index (κ2) is 20.3. The molecule has 2 unspecified atom stereocenters. The van der Waals surface area contributed by atoms with Crippen LogP contribution in [0.4, 0.5) is 8.78 Å². The summed E-state index contributed by atoms with van der Waals surface area (Å²) in [5.41, 5.74) is 3.93. The number of hydrogen-bond acceptors (Lipinski definition) is 7. The second-order valence-corrected chi connectivity index (χ2v) is 15.3. The molecule has 2 aromatic heterocycles. The molecule has 0 spiro atoms. The molecule has 3 aliphatic rings. The first-order valence-corrected chi connectivity index (χ1v) is 20.6. The van der Waals surface area contributed by atoms with E-state index >= 15 is 0 Å². The first-order valence-electron chi connectivity index (χ1n) is 20.6. The van der Waals surface area contributed by atoms with Gasteiger partial charge in [-0.05, 0) is 123 Å². The lowest BCUT2D eigenvalue weighted by atomic mass is 10.0. The maximum Gasteiger partial charge on any atom is 0.261 e. The van der Waals surface area contributed by atoms with Crippen molar-refractivity contribution in [3.63, 3.8) is 0 Å². The highest BCUT2D eigenvalue weighted by molar-refractivity contribution is 5.80. The van der Waals surface area contributed by atoms with Crippen LogP contribution in [0.15, 0.2) is 94.5 Å². The molecule has 9 nitrogen and oxygen atoms in total. The van der Waals surface area contributed by atoms with Gasteiger partial charge >= 0.3 is 0 Å². The van der Waals surface area contributed by atoms with Gasteiger partial charge in [0.05, 0.1) is 21.8 Å². The molecule has 0 saturated carbocycles. The van der Waals surface area contributed by atoms with Gasteiger partial charge in [0.1, 0.15) is 23.3 Å². The number of aryl methyl sites for hydroxylation is 2. The van der Waals surface area contributed by atoms with Crippen molar-refractivity contribution in [1.82, 2.24) is 19.1 Å². The van der Waals surface area contributed by atoms with Crippen molar-refractivity contribution in [3.8, 4) is 23.7 Å². The van der Waals surface area contributed by atoms with Gasteiger partial charge in [0.15, 0.2) is 0 Å². The van der Waals surface area contributed by atoms with Gasteiger partial charge in [0, 0.05) is 81.7 Å². The zero-order chi connectivity index (χ0) is 41.8. The summed E-state index contributed by atoms with van der Waals surface area (Å²) >= 11 is 0. The largest absolute Gasteiger partial charge is 0.396 e. The van der Waals surface area contributed by atoms with Crippen molar-refractivity contribution in [2.24, 2.45) is 11.8 Å². The van der Waals surface area contributed by atoms with Gasteiger partial charge in [-0.2, -0.15) is 0 Å². The first-order chi connectivity index (χ1) is 29.3. The van der Waals surface area contributed by atoms with Gasteiger partial charge in [0.25, 0.3) is 11.1 Å². The molecular formula is C49H48F2N4O5. The van der Waals surface area contributed by atoms with Crippen molar-refractivity contribution in [2.45, 2.75) is 64.5 Å². The molecule has 1 fully saturated rings. The Labute approximate surface area is 348 Å². The summed E-state index contributed by atoms with van der Waals surface area (Å²) in [6.45, 7) is 4.11. The molecule has 1 N–H and O–H groups in total. The van der Waals surface area contributed by atoms with E-state index in [1.165, 1.54) is 37.1 Å². The maximum absolute atomic E-state index is 13.3. The van der Waals surface area contributed by atoms with Gasteiger partial charge < -0.3 is 14.6 Å². The molecule has 6 aromatic rings. The molecule has 308 valence electrons. The Kier molecular flexibility index (Phi) is 14.3. The topological polar surface area (TPSA) is 108 Å². The predicted molar refractivity (Wildman–Crippen MR) is 229 cm³/mol. The van der Waals surface area contributed by atoms with Crippen molar-refractivity contribution in [2.75, 3.05) is 33.5 Å². The van der Waals surface area contributed by atoms with Crippen LogP contribution in [0.3, 0.4) is 0 Å². The highest BCUT2D eigenvalue weighted by atomic mass is 19.1. The van der Waals surface area contributed by atoms with Crippen LogP contribution in [0.1, 0.15) is 72.4 Å². The van der Waals surface area contributed by atoms with Crippen LogP contribution in [0.5, 0.6) is 0 Å². The Balaban J connectivity index is 0.000000162. The van der Waals surface area contributed by atoms with E-state index in [-0.39, 0.29) is 35.3 Å². The van der Waals surface area contributed by atoms with E-state index in [2.05, 4.69) is 28.7 Å². The van der Waals surface area contributed by atoms with Crippen molar-refractivity contribution < 1.29 is 23.4 Å². The molecule has 4 aromatic carbocycles. The fourth-order valence-electron chi connectivity index (χ4n) is 7.63. The summed E-state index contributed by atoms with van der Waals surface area (Å²) in [6, 6.07) is 23.1. The molecule has 5 heterocycles. The molecule has 9 rings (SSSR count). The number of hydrogen-bond donors (Lipinski definition) is 1. The molecule has 0 amide bonds. The van der Waals surface area contributed by atoms with Crippen LogP contribution in [-0.4, -0.2) is 57.7 Å². The molecule has 11 heteroatoms. The van der Waals surface area contributed by atoms with E-state index in [0.29, 0.717) is 65.0 Å². The zero-order valence-corrected chi connectivity index (χ0v) is 33.8. The molecule has 1 saturated heterocycles. The Morgan fingerprint density at radius 3 is 1.57 bits per heavy atom. The SMILES string of the molecule is C1CCOC1.COCC1CCc2nc3cc(C#Cc4cccc(F)c4)ccc3c(=O)n2CC1.O=c1c2ccc(C#Cc3cccc(F)c3)cc2nc2n1CCC(CO)CC2. The lowest BCUT2D eigenvalue weighted by Gasteiger charge is -2.11. The minimum Gasteiger partial charge on any atom is -0.396 e. The highest BCUT2D eigenvalue weighted by Crippen LogP contribution is 2.22. The number of halogens is 2. The van der Waals surface area contributed by atoms with Crippen LogP contribution in [-0.2, 0) is 35.4 Å². The average Bonchev–Trinajstić information content (AvgIpc) is 3.70. The number of ether oxygens (including phenoxy) is 2. The number of benzene rings is 4. The fourth-order valence-corrected chi connectivity index (χ4v) is 7.63. The first kappa shape index (κ1) is 42.2. The van der Waals surface area contributed by atoms with Crippen LogP contribution >= 0.6 is 0 Å². The van der Waals surface area contributed by atoms with Gasteiger partial charge in [-0.15, -0.1) is 0 Å². The Morgan fingerprint density at radius 2 is 1.13 bits per heavy atom. The van der Waals surface area contributed by atoms with Crippen molar-refractivity contribution >= 4 is 21.8 Å². The van der Waals surface area contributed by atoms with Gasteiger partial charge in [-0.1, -0.05) is 35.8 Å². The standard InChI is InChI=1S/C23H21FN2O2.C22H19FN2O2.C4H8O/c1-28-15-18-8-10-22-25-21-14-17(6-5-16-3-2-4-19(24)13-16)7-9-20(21)23(27)26(22)12-11-18;23-18-3-1-2-15(12-18)4-5-16-6-8-19-20(13-16)24-21-9-7-17(14-26)10-11-25(21)22(19)27;1-2-4-5-3-1/h2-4,7,9,13-14,18H,8,10-12,15H2,1H3;1-3,6,8,12-13,17,26H,7,9-11,14H2;1-4H2. The van der Waals surface area contributed by atoms with E-state index < -0.39 is 0 Å². The number of fused-ring (bicyclic) bond motifs is 4. The van der Waals surface area contributed by atoms with Crippen molar-refractivity contribution in [1.29, 1.82) is 0 Å². The summed E-state index contributed by atoms with van der Waals surface area (Å²) in [5.74, 6) is 13.6. The lowest BCUT2D eigenvalue weighted by molar-refractivity contribution is 0.143. The molecule has 0 aliphatic carbocycles. The molecule has 2 atom stereocenters.